The molecule has 2 rings (SSSR count). The second kappa shape index (κ2) is 6.45. The molecule has 0 aliphatic heterocycles. The van der Waals surface area contributed by atoms with Crippen LogP contribution in [0.3, 0.4) is 0 Å². The minimum Gasteiger partial charge on any atom is -0.508 e. The van der Waals surface area contributed by atoms with Crippen molar-refractivity contribution in [1.29, 1.82) is 0 Å². The van der Waals surface area contributed by atoms with E-state index in [0.717, 1.165) is 17.5 Å². The molecule has 2 aromatic rings. The average molecular weight is 278 g/mol. The van der Waals surface area contributed by atoms with Gasteiger partial charge in [-0.1, -0.05) is 35.9 Å². The summed E-state index contributed by atoms with van der Waals surface area (Å²) in [6.45, 7) is 0.956. The summed E-state index contributed by atoms with van der Waals surface area (Å²) in [5.41, 5.74) is 7.55. The second-order valence-electron chi connectivity index (χ2n) is 4.22. The first kappa shape index (κ1) is 13.7. The van der Waals surface area contributed by atoms with E-state index in [1.807, 2.05) is 24.3 Å². The first-order chi connectivity index (χ1) is 9.20. The molecule has 0 fully saturated rings. The largest absolute Gasteiger partial charge is 0.508 e. The Morgan fingerprint density at radius 1 is 1.11 bits per heavy atom. The fraction of sp³-hybridized carbons (Fsp3) is 0.200. The SMILES string of the molecule is NCCc1cccc(Cl)c1OCc1ccc(O)cc1. The highest BCUT2D eigenvalue weighted by atomic mass is 35.5. The number of benzene rings is 2. The van der Waals surface area contributed by atoms with Crippen LogP contribution in [0.2, 0.25) is 5.02 Å². The van der Waals surface area contributed by atoms with Crippen LogP contribution in [0.25, 0.3) is 0 Å². The van der Waals surface area contributed by atoms with Gasteiger partial charge < -0.3 is 15.6 Å². The zero-order valence-electron chi connectivity index (χ0n) is 10.5. The van der Waals surface area contributed by atoms with E-state index < -0.39 is 0 Å². The first-order valence-corrected chi connectivity index (χ1v) is 6.46. The van der Waals surface area contributed by atoms with E-state index in [0.29, 0.717) is 23.9 Å². The number of halogens is 1. The third-order valence-corrected chi connectivity index (χ3v) is 3.08. The number of aromatic hydroxyl groups is 1. The van der Waals surface area contributed by atoms with Gasteiger partial charge in [-0.25, -0.2) is 0 Å². The Balaban J connectivity index is 2.12. The van der Waals surface area contributed by atoms with E-state index in [-0.39, 0.29) is 5.75 Å². The fourth-order valence-electron chi connectivity index (χ4n) is 1.82. The minimum atomic E-state index is 0.241. The number of phenols is 1. The van der Waals surface area contributed by atoms with Crippen LogP contribution in [0.15, 0.2) is 42.5 Å². The monoisotopic (exact) mass is 277 g/mol. The molecular weight excluding hydrogens is 262 g/mol. The van der Waals surface area contributed by atoms with Gasteiger partial charge in [0.25, 0.3) is 0 Å². The summed E-state index contributed by atoms with van der Waals surface area (Å²) in [4.78, 5) is 0. The van der Waals surface area contributed by atoms with Gasteiger partial charge in [-0.05, 0) is 42.3 Å². The van der Waals surface area contributed by atoms with Crippen LogP contribution in [0.1, 0.15) is 11.1 Å². The molecule has 4 heteroatoms. The summed E-state index contributed by atoms with van der Waals surface area (Å²) in [6.07, 6.45) is 0.728. The Labute approximate surface area is 117 Å². The molecule has 100 valence electrons. The van der Waals surface area contributed by atoms with Crippen molar-refractivity contribution < 1.29 is 9.84 Å². The van der Waals surface area contributed by atoms with Crippen molar-refractivity contribution >= 4 is 11.6 Å². The van der Waals surface area contributed by atoms with E-state index in [1.54, 1.807) is 18.2 Å². The highest BCUT2D eigenvalue weighted by molar-refractivity contribution is 6.32. The number of rotatable bonds is 5. The van der Waals surface area contributed by atoms with Gasteiger partial charge in [-0.2, -0.15) is 0 Å². The highest BCUT2D eigenvalue weighted by Gasteiger charge is 2.08. The lowest BCUT2D eigenvalue weighted by Gasteiger charge is -2.12. The second-order valence-corrected chi connectivity index (χ2v) is 4.63. The maximum absolute atomic E-state index is 9.22. The van der Waals surface area contributed by atoms with Gasteiger partial charge in [0.05, 0.1) is 5.02 Å². The van der Waals surface area contributed by atoms with Crippen LogP contribution in [-0.4, -0.2) is 11.7 Å². The van der Waals surface area contributed by atoms with E-state index in [4.69, 9.17) is 22.1 Å². The molecule has 0 saturated heterocycles. The average Bonchev–Trinajstić information content (AvgIpc) is 2.40. The molecule has 19 heavy (non-hydrogen) atoms. The molecule has 0 aliphatic rings. The van der Waals surface area contributed by atoms with Crippen molar-refractivity contribution in [2.24, 2.45) is 5.73 Å². The van der Waals surface area contributed by atoms with Crippen molar-refractivity contribution in [3.05, 3.63) is 58.6 Å². The van der Waals surface area contributed by atoms with Crippen LogP contribution in [0.5, 0.6) is 11.5 Å². The predicted octanol–water partition coefficient (Wildman–Crippen LogP) is 3.13. The van der Waals surface area contributed by atoms with E-state index in [2.05, 4.69) is 0 Å². The zero-order valence-corrected chi connectivity index (χ0v) is 11.2. The lowest BCUT2D eigenvalue weighted by Crippen LogP contribution is -2.05. The molecule has 0 spiro atoms. The van der Waals surface area contributed by atoms with Crippen LogP contribution >= 0.6 is 11.6 Å². The minimum absolute atomic E-state index is 0.241. The van der Waals surface area contributed by atoms with Crippen molar-refractivity contribution in [3.63, 3.8) is 0 Å². The molecule has 0 atom stereocenters. The molecule has 0 aromatic heterocycles. The Morgan fingerprint density at radius 3 is 2.53 bits per heavy atom. The van der Waals surface area contributed by atoms with Crippen LogP contribution in [-0.2, 0) is 13.0 Å². The molecule has 0 amide bonds. The summed E-state index contributed by atoms with van der Waals surface area (Å²) in [5.74, 6) is 0.924. The highest BCUT2D eigenvalue weighted by Crippen LogP contribution is 2.29. The van der Waals surface area contributed by atoms with Crippen molar-refractivity contribution in [1.82, 2.24) is 0 Å². The maximum Gasteiger partial charge on any atom is 0.141 e. The number of hydrogen-bond donors (Lipinski definition) is 2. The summed E-state index contributed by atoms with van der Waals surface area (Å²) in [6, 6.07) is 12.5. The van der Waals surface area contributed by atoms with E-state index >= 15 is 0 Å². The smallest absolute Gasteiger partial charge is 0.141 e. The van der Waals surface area contributed by atoms with Crippen LogP contribution in [0.4, 0.5) is 0 Å². The third-order valence-electron chi connectivity index (χ3n) is 2.78. The number of hydrogen-bond acceptors (Lipinski definition) is 3. The quantitative estimate of drug-likeness (QED) is 0.883. The Bertz CT molecular complexity index is 540. The van der Waals surface area contributed by atoms with Gasteiger partial charge in [0.2, 0.25) is 0 Å². The molecule has 0 heterocycles. The molecule has 0 saturated carbocycles. The molecule has 3 N–H and O–H groups in total. The van der Waals surface area contributed by atoms with Crippen LogP contribution < -0.4 is 10.5 Å². The lowest BCUT2D eigenvalue weighted by atomic mass is 10.1. The molecule has 0 radical (unpaired) electrons. The molecule has 3 nitrogen and oxygen atoms in total. The van der Waals surface area contributed by atoms with E-state index in [9.17, 15) is 5.11 Å². The molecule has 2 aromatic carbocycles. The molecule has 0 aliphatic carbocycles. The van der Waals surface area contributed by atoms with Gasteiger partial charge in [-0.3, -0.25) is 0 Å². The van der Waals surface area contributed by atoms with Crippen molar-refractivity contribution in [2.75, 3.05) is 6.54 Å². The summed E-state index contributed by atoms with van der Waals surface area (Å²) < 4.78 is 5.78. The standard InChI is InChI=1S/C15H16ClNO2/c16-14-3-1-2-12(8-9-17)15(14)19-10-11-4-6-13(18)7-5-11/h1-7,18H,8-10,17H2. The Hall–Kier alpha value is -1.71. The van der Waals surface area contributed by atoms with Gasteiger partial charge in [0.15, 0.2) is 0 Å². The topological polar surface area (TPSA) is 55.5 Å². The van der Waals surface area contributed by atoms with Gasteiger partial charge in [0, 0.05) is 0 Å². The van der Waals surface area contributed by atoms with Crippen molar-refractivity contribution in [3.8, 4) is 11.5 Å². The summed E-state index contributed by atoms with van der Waals surface area (Å²) in [7, 11) is 0. The number of phenolic OH excluding ortho intramolecular Hbond substituents is 1. The van der Waals surface area contributed by atoms with Crippen molar-refractivity contribution in [2.45, 2.75) is 13.0 Å². The third kappa shape index (κ3) is 3.63. The van der Waals surface area contributed by atoms with Gasteiger partial charge in [-0.15, -0.1) is 0 Å². The lowest BCUT2D eigenvalue weighted by molar-refractivity contribution is 0.303. The summed E-state index contributed by atoms with van der Waals surface area (Å²) >= 11 is 6.15. The summed E-state index contributed by atoms with van der Waals surface area (Å²) in [5, 5.41) is 9.81. The number of ether oxygens (including phenoxy) is 1. The normalized spacial score (nSPS) is 10.4. The zero-order chi connectivity index (χ0) is 13.7. The van der Waals surface area contributed by atoms with Crippen LogP contribution in [0, 0.1) is 0 Å². The maximum atomic E-state index is 9.22. The Kier molecular flexibility index (Phi) is 4.66. The number of nitrogens with two attached hydrogens (primary N) is 1. The van der Waals surface area contributed by atoms with E-state index in [1.165, 1.54) is 0 Å². The first-order valence-electron chi connectivity index (χ1n) is 6.09. The van der Waals surface area contributed by atoms with Gasteiger partial charge >= 0.3 is 0 Å². The molecular formula is C15H16ClNO2. The fourth-order valence-corrected chi connectivity index (χ4v) is 2.06. The Morgan fingerprint density at radius 2 is 1.84 bits per heavy atom. The predicted molar refractivity (Wildman–Crippen MR) is 76.6 cm³/mol. The molecule has 0 unspecified atom stereocenters. The number of para-hydroxylation sites is 1. The molecule has 0 bridgehead atoms. The van der Waals surface area contributed by atoms with Gasteiger partial charge in [0.1, 0.15) is 18.1 Å².